The molecular formula is C31H38N6O5. The number of fused-ring (bicyclic) bond motifs is 1. The molecule has 1 aromatic heterocycles. The summed E-state index contributed by atoms with van der Waals surface area (Å²) in [7, 11) is 0. The number of benzene rings is 2. The van der Waals surface area contributed by atoms with E-state index in [9.17, 15) is 24.0 Å². The second-order valence-electron chi connectivity index (χ2n) is 11.5. The molecule has 0 unspecified atom stereocenters. The molecule has 3 N–H and O–H groups in total. The van der Waals surface area contributed by atoms with Crippen LogP contribution in [-0.2, 0) is 11.3 Å². The summed E-state index contributed by atoms with van der Waals surface area (Å²) in [5.74, 6) is -0.145. The van der Waals surface area contributed by atoms with Crippen LogP contribution >= 0.6 is 0 Å². The number of hydrogen-bond acceptors (Lipinski definition) is 5. The number of hydrogen-bond donors (Lipinski definition) is 3. The van der Waals surface area contributed by atoms with Gasteiger partial charge in [-0.05, 0) is 75.8 Å². The number of nitrogens with zero attached hydrogens (tertiary/aromatic N) is 3. The summed E-state index contributed by atoms with van der Waals surface area (Å²) in [4.78, 5) is 66.4. The van der Waals surface area contributed by atoms with Gasteiger partial charge in [0.25, 0.3) is 11.5 Å². The number of likely N-dealkylation sites (tertiary alicyclic amines) is 1. The maximum atomic E-state index is 13.4. The number of anilines is 2. The van der Waals surface area contributed by atoms with E-state index in [-0.39, 0.29) is 41.2 Å². The third kappa shape index (κ3) is 6.24. The number of amides is 4. The lowest BCUT2D eigenvalue weighted by Crippen LogP contribution is -2.50. The SMILES string of the molecule is CCC(=O)Nc1ccccc1C(=O)N[C@@H]1CCCN(C(=O)Nc2ccc3c(c2)c(=O)n(CC2CC2)c(=O)n3C(C)C)C1. The Labute approximate surface area is 243 Å². The average Bonchev–Trinajstić information content (AvgIpc) is 3.80. The van der Waals surface area contributed by atoms with E-state index < -0.39 is 0 Å². The van der Waals surface area contributed by atoms with Crippen molar-refractivity contribution in [2.45, 2.75) is 71.5 Å². The smallest absolute Gasteiger partial charge is 0.331 e. The molecule has 11 heteroatoms. The van der Waals surface area contributed by atoms with Crippen LogP contribution in [0.4, 0.5) is 16.2 Å². The molecule has 2 fully saturated rings. The molecule has 2 aliphatic rings. The predicted molar refractivity (Wildman–Crippen MR) is 162 cm³/mol. The zero-order valence-corrected chi connectivity index (χ0v) is 24.3. The number of aromatic nitrogens is 2. The van der Waals surface area contributed by atoms with Gasteiger partial charge in [-0.3, -0.25) is 23.5 Å². The molecule has 1 atom stereocenters. The summed E-state index contributed by atoms with van der Waals surface area (Å²) in [6.07, 6.45) is 3.74. The van der Waals surface area contributed by atoms with Crippen molar-refractivity contribution in [3.05, 3.63) is 68.9 Å². The third-order valence-electron chi connectivity index (χ3n) is 7.88. The highest BCUT2D eigenvalue weighted by atomic mass is 16.2. The quantitative estimate of drug-likeness (QED) is 0.375. The average molecular weight is 575 g/mol. The van der Waals surface area contributed by atoms with Crippen molar-refractivity contribution in [2.24, 2.45) is 5.92 Å². The van der Waals surface area contributed by atoms with Gasteiger partial charge >= 0.3 is 11.7 Å². The maximum Gasteiger partial charge on any atom is 0.331 e. The Morgan fingerprint density at radius 1 is 1.00 bits per heavy atom. The van der Waals surface area contributed by atoms with E-state index in [1.807, 2.05) is 13.8 Å². The highest BCUT2D eigenvalue weighted by Gasteiger charge is 2.27. The van der Waals surface area contributed by atoms with E-state index in [2.05, 4.69) is 16.0 Å². The minimum atomic E-state index is -0.342. The molecular weight excluding hydrogens is 536 g/mol. The topological polar surface area (TPSA) is 135 Å². The number of carbonyl (C=O) groups is 3. The fraction of sp³-hybridized carbons (Fsp3) is 0.452. The van der Waals surface area contributed by atoms with Crippen LogP contribution in [0.15, 0.2) is 52.1 Å². The molecule has 3 aromatic rings. The Morgan fingerprint density at radius 2 is 1.76 bits per heavy atom. The molecule has 42 heavy (non-hydrogen) atoms. The van der Waals surface area contributed by atoms with E-state index in [0.717, 1.165) is 12.8 Å². The molecule has 1 aliphatic carbocycles. The first-order valence-electron chi connectivity index (χ1n) is 14.7. The van der Waals surface area contributed by atoms with Gasteiger partial charge in [0.15, 0.2) is 0 Å². The second kappa shape index (κ2) is 12.2. The highest BCUT2D eigenvalue weighted by molar-refractivity contribution is 6.03. The number of urea groups is 1. The zero-order chi connectivity index (χ0) is 30.0. The Kier molecular flexibility index (Phi) is 8.46. The summed E-state index contributed by atoms with van der Waals surface area (Å²) < 4.78 is 2.96. The summed E-state index contributed by atoms with van der Waals surface area (Å²) in [6.45, 7) is 6.81. The lowest BCUT2D eigenvalue weighted by molar-refractivity contribution is -0.115. The van der Waals surface area contributed by atoms with Crippen molar-refractivity contribution >= 4 is 40.1 Å². The number of para-hydroxylation sites is 1. The lowest BCUT2D eigenvalue weighted by atomic mass is 10.0. The van der Waals surface area contributed by atoms with Crippen LogP contribution < -0.4 is 27.2 Å². The molecule has 222 valence electrons. The van der Waals surface area contributed by atoms with Crippen LogP contribution in [0, 0.1) is 5.92 Å². The fourth-order valence-corrected chi connectivity index (χ4v) is 5.45. The van der Waals surface area contributed by atoms with Gasteiger partial charge in [0.2, 0.25) is 5.91 Å². The Balaban J connectivity index is 1.30. The summed E-state index contributed by atoms with van der Waals surface area (Å²) in [6, 6.07) is 11.2. The van der Waals surface area contributed by atoms with Crippen LogP contribution in [0.1, 0.15) is 69.3 Å². The van der Waals surface area contributed by atoms with Crippen molar-refractivity contribution in [3.8, 4) is 0 Å². The summed E-state index contributed by atoms with van der Waals surface area (Å²) >= 11 is 0. The van der Waals surface area contributed by atoms with Gasteiger partial charge in [-0.25, -0.2) is 9.59 Å². The van der Waals surface area contributed by atoms with Gasteiger partial charge in [0, 0.05) is 43.8 Å². The molecule has 1 aliphatic heterocycles. The van der Waals surface area contributed by atoms with E-state index in [0.29, 0.717) is 72.7 Å². The second-order valence-corrected chi connectivity index (χ2v) is 11.5. The minimum Gasteiger partial charge on any atom is -0.347 e. The van der Waals surface area contributed by atoms with Crippen molar-refractivity contribution in [1.82, 2.24) is 19.4 Å². The Bertz CT molecular complexity index is 1640. The normalized spacial score (nSPS) is 16.9. The van der Waals surface area contributed by atoms with Crippen LogP contribution in [-0.4, -0.2) is 51.0 Å². The van der Waals surface area contributed by atoms with Gasteiger partial charge in [0.1, 0.15) is 0 Å². The maximum absolute atomic E-state index is 13.4. The summed E-state index contributed by atoms with van der Waals surface area (Å²) in [5, 5.41) is 9.06. The van der Waals surface area contributed by atoms with Crippen LogP contribution in [0.2, 0.25) is 0 Å². The first-order valence-corrected chi connectivity index (χ1v) is 14.7. The molecule has 0 spiro atoms. The lowest BCUT2D eigenvalue weighted by Gasteiger charge is -2.33. The molecule has 1 saturated heterocycles. The van der Waals surface area contributed by atoms with Gasteiger partial charge < -0.3 is 20.9 Å². The summed E-state index contributed by atoms with van der Waals surface area (Å²) in [5.41, 5.74) is 1.17. The van der Waals surface area contributed by atoms with Crippen LogP contribution in [0.5, 0.6) is 0 Å². The monoisotopic (exact) mass is 574 g/mol. The molecule has 0 radical (unpaired) electrons. The molecule has 2 heterocycles. The highest BCUT2D eigenvalue weighted by Crippen LogP contribution is 2.30. The van der Waals surface area contributed by atoms with Crippen LogP contribution in [0.3, 0.4) is 0 Å². The zero-order valence-electron chi connectivity index (χ0n) is 24.3. The van der Waals surface area contributed by atoms with E-state index in [1.165, 1.54) is 4.57 Å². The van der Waals surface area contributed by atoms with Gasteiger partial charge in [-0.1, -0.05) is 19.1 Å². The number of nitrogens with one attached hydrogen (secondary N) is 3. The van der Waals surface area contributed by atoms with Gasteiger partial charge in [0.05, 0.1) is 22.2 Å². The number of piperidine rings is 1. The number of carbonyl (C=O) groups excluding carboxylic acids is 3. The first kappa shape index (κ1) is 29.1. The Morgan fingerprint density at radius 3 is 2.48 bits per heavy atom. The van der Waals surface area contributed by atoms with Gasteiger partial charge in [-0.2, -0.15) is 0 Å². The minimum absolute atomic E-state index is 0.137. The third-order valence-corrected chi connectivity index (χ3v) is 7.88. The Hall–Kier alpha value is -4.41. The van der Waals surface area contributed by atoms with Crippen molar-refractivity contribution in [2.75, 3.05) is 23.7 Å². The van der Waals surface area contributed by atoms with E-state index in [4.69, 9.17) is 0 Å². The number of rotatable bonds is 8. The molecule has 0 bridgehead atoms. The molecule has 11 nitrogen and oxygen atoms in total. The van der Waals surface area contributed by atoms with Crippen LogP contribution in [0.25, 0.3) is 10.9 Å². The largest absolute Gasteiger partial charge is 0.347 e. The van der Waals surface area contributed by atoms with E-state index >= 15 is 0 Å². The molecule has 1 saturated carbocycles. The van der Waals surface area contributed by atoms with Gasteiger partial charge in [-0.15, -0.1) is 0 Å². The van der Waals surface area contributed by atoms with Crippen molar-refractivity contribution in [1.29, 1.82) is 0 Å². The fourth-order valence-electron chi connectivity index (χ4n) is 5.45. The first-order chi connectivity index (χ1) is 20.2. The van der Waals surface area contributed by atoms with E-state index in [1.54, 1.807) is 58.9 Å². The van der Waals surface area contributed by atoms with Crippen molar-refractivity contribution in [3.63, 3.8) is 0 Å². The predicted octanol–water partition coefficient (Wildman–Crippen LogP) is 3.93. The molecule has 4 amide bonds. The standard InChI is InChI=1S/C31H38N6O5/c1-4-27(38)34-25-10-6-5-9-23(25)28(39)32-22-8-7-15-35(18-22)30(41)33-21-13-14-26-24(16-21)29(40)36(17-20-11-12-20)31(42)37(26)19(2)3/h5-6,9-10,13-14,16,19-20,22H,4,7-8,11-12,15,17-18H2,1-3H3,(H,32,39)(H,33,41)(H,34,38)/t22-/m1/s1. The molecule has 2 aromatic carbocycles. The van der Waals surface area contributed by atoms with Crippen molar-refractivity contribution < 1.29 is 14.4 Å². The molecule has 5 rings (SSSR count).